The molecule has 0 N–H and O–H groups in total. The van der Waals surface area contributed by atoms with E-state index in [2.05, 4.69) is 44.6 Å². The van der Waals surface area contributed by atoms with Gasteiger partial charge in [0.15, 0.2) is 5.82 Å². The van der Waals surface area contributed by atoms with Crippen LogP contribution in [0.3, 0.4) is 0 Å². The molecule has 0 radical (unpaired) electrons. The third-order valence-electron chi connectivity index (χ3n) is 2.44. The van der Waals surface area contributed by atoms with Crippen molar-refractivity contribution in [2.75, 3.05) is 0 Å². The summed E-state index contributed by atoms with van der Waals surface area (Å²) in [6, 6.07) is 12.4. The normalized spacial score (nSPS) is 10.4. The highest BCUT2D eigenvalue weighted by Crippen LogP contribution is 2.26. The predicted molar refractivity (Wildman–Crippen MR) is 68.6 cm³/mol. The molecule has 0 spiro atoms. The van der Waals surface area contributed by atoms with Gasteiger partial charge in [-0.2, -0.15) is 0 Å². The van der Waals surface area contributed by atoms with Gasteiger partial charge >= 0.3 is 0 Å². The molecule has 17 heavy (non-hydrogen) atoms. The summed E-state index contributed by atoms with van der Waals surface area (Å²) in [4.78, 5) is 13.3. The van der Waals surface area contributed by atoms with Crippen molar-refractivity contribution in [2.45, 2.75) is 0 Å². The van der Waals surface area contributed by atoms with Crippen LogP contribution in [0.1, 0.15) is 0 Å². The van der Waals surface area contributed by atoms with Crippen LogP contribution in [-0.4, -0.2) is 15.0 Å². The maximum atomic E-state index is 4.12. The molecule has 2 aromatic heterocycles. The zero-order chi connectivity index (χ0) is 11.5. The molecule has 0 aliphatic rings. The molecular weight excluding hydrogens is 230 g/mol. The maximum Gasteiger partial charge on any atom is 0.162 e. The van der Waals surface area contributed by atoms with Crippen molar-refractivity contribution in [3.8, 4) is 21.8 Å². The molecule has 0 aliphatic carbocycles. The molecule has 1 aromatic carbocycles. The lowest BCUT2D eigenvalue weighted by Gasteiger charge is -2.00. The summed E-state index contributed by atoms with van der Waals surface area (Å²) in [6.07, 6.45) is 3.02. The largest absolute Gasteiger partial charge is 0.225 e. The van der Waals surface area contributed by atoms with Gasteiger partial charge in [0.05, 0.1) is 0 Å². The van der Waals surface area contributed by atoms with E-state index in [1.807, 2.05) is 12.1 Å². The van der Waals surface area contributed by atoms with Crippen LogP contribution in [-0.2, 0) is 0 Å². The van der Waals surface area contributed by atoms with Crippen LogP contribution >= 0.6 is 11.3 Å². The van der Waals surface area contributed by atoms with E-state index >= 15 is 0 Å². The first-order valence-corrected chi connectivity index (χ1v) is 6.08. The van der Waals surface area contributed by atoms with Gasteiger partial charge < -0.3 is 0 Å². The average molecular weight is 239 g/mol. The van der Waals surface area contributed by atoms with Crippen LogP contribution in [0.5, 0.6) is 0 Å². The van der Waals surface area contributed by atoms with Gasteiger partial charge in [0.2, 0.25) is 0 Å². The molecule has 82 valence electrons. The zero-order valence-corrected chi connectivity index (χ0v) is 9.76. The lowest BCUT2D eigenvalue weighted by atomic mass is 10.1. The fraction of sp³-hybridized carbons (Fsp3) is 0. The smallest absolute Gasteiger partial charge is 0.162 e. The molecular formula is C13H9N3S. The molecule has 0 saturated carbocycles. The van der Waals surface area contributed by atoms with E-state index in [9.17, 15) is 0 Å². The highest BCUT2D eigenvalue weighted by molar-refractivity contribution is 7.13. The minimum absolute atomic E-state index is 0.706. The van der Waals surface area contributed by atoms with Crippen molar-refractivity contribution in [3.63, 3.8) is 0 Å². The summed E-state index contributed by atoms with van der Waals surface area (Å²) >= 11 is 1.74. The summed E-state index contributed by atoms with van der Waals surface area (Å²) in [5.41, 5.74) is 2.23. The second-order valence-electron chi connectivity index (χ2n) is 3.52. The Hall–Kier alpha value is -2.07. The van der Waals surface area contributed by atoms with Crippen molar-refractivity contribution in [3.05, 3.63) is 54.4 Å². The Morgan fingerprint density at radius 1 is 0.824 bits per heavy atom. The van der Waals surface area contributed by atoms with Crippen LogP contribution < -0.4 is 0 Å². The lowest BCUT2D eigenvalue weighted by molar-refractivity contribution is 1.06. The third-order valence-corrected chi connectivity index (χ3v) is 3.36. The molecule has 0 bridgehead atoms. The van der Waals surface area contributed by atoms with Crippen LogP contribution in [0, 0.1) is 0 Å². The fourth-order valence-corrected chi connectivity index (χ4v) is 2.35. The third kappa shape index (κ3) is 2.07. The first kappa shape index (κ1) is 10.1. The van der Waals surface area contributed by atoms with Gasteiger partial charge in [-0.05, 0) is 17.0 Å². The van der Waals surface area contributed by atoms with Gasteiger partial charge in [0.1, 0.15) is 12.7 Å². The molecule has 4 heteroatoms. The van der Waals surface area contributed by atoms with Gasteiger partial charge in [-0.1, -0.05) is 30.3 Å². The van der Waals surface area contributed by atoms with Gasteiger partial charge in [-0.15, -0.1) is 11.3 Å². The number of aromatic nitrogens is 3. The molecule has 0 fully saturated rings. The topological polar surface area (TPSA) is 38.7 Å². The summed E-state index contributed by atoms with van der Waals surface area (Å²) in [6.45, 7) is 0. The van der Waals surface area contributed by atoms with E-state index in [4.69, 9.17) is 0 Å². The average Bonchev–Trinajstić information content (AvgIpc) is 2.94. The van der Waals surface area contributed by atoms with E-state index in [1.54, 1.807) is 11.3 Å². The second-order valence-corrected chi connectivity index (χ2v) is 4.46. The van der Waals surface area contributed by atoms with Crippen molar-refractivity contribution in [1.29, 1.82) is 0 Å². The first-order chi connectivity index (χ1) is 8.43. The van der Waals surface area contributed by atoms with Gasteiger partial charge in [0, 0.05) is 10.4 Å². The quantitative estimate of drug-likeness (QED) is 0.689. The molecule has 3 aromatic rings. The van der Waals surface area contributed by atoms with Gasteiger partial charge in [0.25, 0.3) is 0 Å². The Morgan fingerprint density at radius 2 is 1.53 bits per heavy atom. The predicted octanol–water partition coefficient (Wildman–Crippen LogP) is 3.27. The molecule has 0 unspecified atom stereocenters. The van der Waals surface area contributed by atoms with Crippen LogP contribution in [0.25, 0.3) is 21.8 Å². The molecule has 0 saturated heterocycles. The number of hydrogen-bond donors (Lipinski definition) is 0. The number of benzene rings is 1. The van der Waals surface area contributed by atoms with E-state index in [0.717, 1.165) is 5.56 Å². The van der Waals surface area contributed by atoms with Crippen LogP contribution in [0.4, 0.5) is 0 Å². The van der Waals surface area contributed by atoms with E-state index in [1.165, 1.54) is 23.1 Å². The number of rotatable bonds is 2. The summed E-state index contributed by atoms with van der Waals surface area (Å²) in [7, 11) is 0. The van der Waals surface area contributed by atoms with E-state index < -0.39 is 0 Å². The van der Waals surface area contributed by atoms with Crippen molar-refractivity contribution < 1.29 is 0 Å². The Morgan fingerprint density at radius 3 is 2.18 bits per heavy atom. The monoisotopic (exact) mass is 239 g/mol. The molecule has 3 rings (SSSR count). The zero-order valence-electron chi connectivity index (χ0n) is 8.95. The lowest BCUT2D eigenvalue weighted by Crippen LogP contribution is -1.88. The summed E-state index contributed by atoms with van der Waals surface area (Å²) in [5.74, 6) is 0.706. The van der Waals surface area contributed by atoms with Gasteiger partial charge in [-0.3, -0.25) is 0 Å². The Balaban J connectivity index is 1.96. The SMILES string of the molecule is c1csc(-c2ccc(-c3ncncn3)cc2)c1. The summed E-state index contributed by atoms with van der Waals surface area (Å²) in [5, 5.41) is 2.08. The molecule has 0 atom stereocenters. The standard InChI is InChI=1S/C13H9N3S/c1-2-12(17-7-1)10-3-5-11(6-4-10)13-15-8-14-9-16-13/h1-9H. The molecule has 3 nitrogen and oxygen atoms in total. The van der Waals surface area contributed by atoms with E-state index in [0.29, 0.717) is 5.82 Å². The molecule has 2 heterocycles. The summed E-state index contributed by atoms with van der Waals surface area (Å²) < 4.78 is 0. The van der Waals surface area contributed by atoms with Crippen LogP contribution in [0.2, 0.25) is 0 Å². The van der Waals surface area contributed by atoms with Crippen molar-refractivity contribution in [1.82, 2.24) is 15.0 Å². The minimum Gasteiger partial charge on any atom is -0.225 e. The van der Waals surface area contributed by atoms with E-state index in [-0.39, 0.29) is 0 Å². The Labute approximate surface area is 103 Å². The maximum absolute atomic E-state index is 4.12. The minimum atomic E-state index is 0.706. The highest BCUT2D eigenvalue weighted by Gasteiger charge is 2.02. The number of hydrogen-bond acceptors (Lipinski definition) is 4. The van der Waals surface area contributed by atoms with Gasteiger partial charge in [-0.25, -0.2) is 15.0 Å². The molecule has 0 amide bonds. The fourth-order valence-electron chi connectivity index (χ4n) is 1.61. The number of thiophene rings is 1. The Bertz CT molecular complexity index is 588. The Kier molecular flexibility index (Phi) is 2.63. The highest BCUT2D eigenvalue weighted by atomic mass is 32.1. The number of nitrogens with zero attached hydrogens (tertiary/aromatic N) is 3. The van der Waals surface area contributed by atoms with Crippen molar-refractivity contribution in [2.24, 2.45) is 0 Å². The van der Waals surface area contributed by atoms with Crippen LogP contribution in [0.15, 0.2) is 54.4 Å². The molecule has 0 aliphatic heterocycles. The first-order valence-electron chi connectivity index (χ1n) is 5.20. The second kappa shape index (κ2) is 4.43. The van der Waals surface area contributed by atoms with Crippen molar-refractivity contribution >= 4 is 11.3 Å².